The topological polar surface area (TPSA) is 235 Å². The summed E-state index contributed by atoms with van der Waals surface area (Å²) < 4.78 is 52.3. The average Bonchev–Trinajstić information content (AvgIpc) is 3.34. The highest BCUT2D eigenvalue weighted by Crippen LogP contribution is 2.46. The first kappa shape index (κ1) is 51.2. The highest BCUT2D eigenvalue weighted by Gasteiger charge is 2.37. The maximum atomic E-state index is 13.9. The molecule has 20 heteroatoms. The van der Waals surface area contributed by atoms with E-state index in [1.165, 1.54) is 9.80 Å². The number of hydrogen-bond acceptors (Lipinski definition) is 18. The Morgan fingerprint density at radius 3 is 0.886 bits per heavy atom. The molecular weight excluding hydrogens is 917 g/mol. The molecule has 0 radical (unpaired) electrons. The number of carbonyl (C=O) groups is 8. The van der Waals surface area contributed by atoms with Crippen molar-refractivity contribution in [3.63, 3.8) is 0 Å². The number of nitrogens with zero attached hydrogens (tertiary/aromatic N) is 2. The van der Waals surface area contributed by atoms with Crippen molar-refractivity contribution in [1.29, 1.82) is 0 Å². The lowest BCUT2D eigenvalue weighted by Gasteiger charge is -2.30. The molecule has 0 aliphatic carbocycles. The number of hydrogen-bond donors (Lipinski definition) is 0. The van der Waals surface area contributed by atoms with Gasteiger partial charge >= 0.3 is 23.9 Å². The van der Waals surface area contributed by atoms with E-state index < -0.39 is 60.3 Å². The fourth-order valence-electron chi connectivity index (χ4n) is 8.36. The summed E-state index contributed by atoms with van der Waals surface area (Å²) in [5, 5.41) is 5.71. The van der Waals surface area contributed by atoms with Crippen LogP contribution in [0.2, 0.25) is 0 Å². The van der Waals surface area contributed by atoms with Crippen molar-refractivity contribution < 1.29 is 85.7 Å². The lowest BCUT2D eigenvalue weighted by molar-refractivity contribution is -0.157. The van der Waals surface area contributed by atoms with Crippen LogP contribution in [-0.2, 0) is 66.5 Å². The van der Waals surface area contributed by atoms with Crippen molar-refractivity contribution in [2.45, 2.75) is 26.7 Å². The fourth-order valence-corrected chi connectivity index (χ4v) is 8.36. The molecular formula is C50H54N2O18. The third-order valence-electron chi connectivity index (χ3n) is 11.4. The van der Waals surface area contributed by atoms with E-state index in [-0.39, 0.29) is 119 Å². The molecule has 5 aromatic rings. The SMILES string of the molecule is CCOC(=O)CC(=O)OCCOCCOCCOCCN1C(=O)c2ccc3c4ccc5c6c(ccc(c7ccc(c2c37)C1=O)c64)C(=O)N(CCOCCOCCOCCOC(=O)CC(=O)OCC)C5=O. The van der Waals surface area contributed by atoms with Crippen molar-refractivity contribution in [2.75, 3.05) is 119 Å². The molecule has 5 aromatic carbocycles. The molecule has 2 aliphatic rings. The highest BCUT2D eigenvalue weighted by atomic mass is 16.6. The minimum atomic E-state index is -0.690. The largest absolute Gasteiger partial charge is 0.466 e. The standard InChI is InChI=1S/C50H54N2O18/c1-3-67-39(53)29-41(55)69-27-25-65-23-21-63-19-17-61-15-13-51-47(57)35-9-5-31-33-7-11-37-46-38(12-8-34(44(33)46)32-6-10-36(48(51)58)45(35)43(31)32)50(60)52(49(37)59)14-16-62-18-20-64-22-24-66-26-28-70-42(56)30-40(54)68-4-2/h5-12H,3-4,13-30H2,1-2H3. The van der Waals surface area contributed by atoms with Crippen LogP contribution >= 0.6 is 0 Å². The van der Waals surface area contributed by atoms with Gasteiger partial charge in [0.05, 0.1) is 106 Å². The second-order valence-electron chi connectivity index (χ2n) is 15.7. The Balaban J connectivity index is 0.877. The summed E-state index contributed by atoms with van der Waals surface area (Å²) in [6, 6.07) is 14.3. The van der Waals surface area contributed by atoms with Crippen LogP contribution in [0.3, 0.4) is 0 Å². The van der Waals surface area contributed by atoms with Gasteiger partial charge < -0.3 is 47.4 Å². The van der Waals surface area contributed by atoms with Gasteiger partial charge in [-0.25, -0.2) is 0 Å². The van der Waals surface area contributed by atoms with Crippen molar-refractivity contribution >= 4 is 90.6 Å². The Bertz CT molecular complexity index is 2450. The Morgan fingerprint density at radius 1 is 0.343 bits per heavy atom. The van der Waals surface area contributed by atoms with E-state index in [0.717, 1.165) is 32.3 Å². The zero-order valence-corrected chi connectivity index (χ0v) is 39.0. The summed E-state index contributed by atoms with van der Waals surface area (Å²) >= 11 is 0. The van der Waals surface area contributed by atoms with E-state index in [1.807, 2.05) is 24.3 Å². The van der Waals surface area contributed by atoms with Crippen LogP contribution in [0.4, 0.5) is 0 Å². The Morgan fingerprint density at radius 2 is 0.600 bits per heavy atom. The quantitative estimate of drug-likeness (QED) is 0.0120. The van der Waals surface area contributed by atoms with Gasteiger partial charge in [-0.1, -0.05) is 24.3 Å². The molecule has 0 fully saturated rings. The minimum Gasteiger partial charge on any atom is -0.466 e. The average molecular weight is 971 g/mol. The van der Waals surface area contributed by atoms with Gasteiger partial charge in [0.1, 0.15) is 26.1 Å². The Kier molecular flexibility index (Phi) is 18.1. The van der Waals surface area contributed by atoms with Crippen LogP contribution in [0.1, 0.15) is 68.1 Å². The first-order valence-corrected chi connectivity index (χ1v) is 23.1. The molecule has 0 saturated carbocycles. The molecule has 372 valence electrons. The summed E-state index contributed by atoms with van der Waals surface area (Å²) in [7, 11) is 0. The molecule has 0 spiro atoms. The van der Waals surface area contributed by atoms with Gasteiger partial charge in [0, 0.05) is 33.0 Å². The maximum absolute atomic E-state index is 13.9. The van der Waals surface area contributed by atoms with Gasteiger partial charge in [-0.2, -0.15) is 0 Å². The van der Waals surface area contributed by atoms with Gasteiger partial charge in [0.2, 0.25) is 0 Å². The Hall–Kier alpha value is -6.68. The molecule has 0 unspecified atom stereocenters. The van der Waals surface area contributed by atoms with Crippen LogP contribution in [0.5, 0.6) is 0 Å². The van der Waals surface area contributed by atoms with E-state index in [2.05, 4.69) is 0 Å². The van der Waals surface area contributed by atoms with Gasteiger partial charge in [-0.15, -0.1) is 0 Å². The van der Waals surface area contributed by atoms with Crippen molar-refractivity contribution in [2.24, 2.45) is 0 Å². The first-order valence-electron chi connectivity index (χ1n) is 23.1. The molecule has 0 aromatic heterocycles. The molecule has 2 heterocycles. The number of amides is 4. The third-order valence-corrected chi connectivity index (χ3v) is 11.4. The minimum absolute atomic E-state index is 0.0105. The number of benzene rings is 5. The summed E-state index contributed by atoms with van der Waals surface area (Å²) in [6.45, 7) is 6.03. The van der Waals surface area contributed by atoms with E-state index >= 15 is 0 Å². The fraction of sp³-hybridized carbons (Fsp3) is 0.440. The second kappa shape index (κ2) is 24.7. The molecule has 20 nitrogen and oxygen atoms in total. The number of carbonyl (C=O) groups excluding carboxylic acids is 8. The lowest BCUT2D eigenvalue weighted by Crippen LogP contribution is -2.42. The molecule has 70 heavy (non-hydrogen) atoms. The molecule has 7 rings (SSSR count). The first-order chi connectivity index (χ1) is 34.0. The molecule has 0 N–H and O–H groups in total. The molecule has 0 atom stereocenters. The zero-order valence-electron chi connectivity index (χ0n) is 39.0. The highest BCUT2D eigenvalue weighted by molar-refractivity contribution is 6.41. The van der Waals surface area contributed by atoms with E-state index in [9.17, 15) is 38.4 Å². The third kappa shape index (κ3) is 11.8. The summed E-state index contributed by atoms with van der Waals surface area (Å²) in [6.07, 6.45) is -0.907. The summed E-state index contributed by atoms with van der Waals surface area (Å²) in [4.78, 5) is 104. The van der Waals surface area contributed by atoms with Crippen LogP contribution in [-0.4, -0.2) is 176 Å². The zero-order chi connectivity index (χ0) is 49.6. The van der Waals surface area contributed by atoms with Crippen LogP contribution in [0, 0.1) is 0 Å². The maximum Gasteiger partial charge on any atom is 0.317 e. The predicted molar refractivity (Wildman–Crippen MR) is 248 cm³/mol. The number of imide groups is 2. The van der Waals surface area contributed by atoms with Gasteiger partial charge in [-0.3, -0.25) is 48.2 Å². The van der Waals surface area contributed by atoms with Crippen molar-refractivity contribution in [3.8, 4) is 0 Å². The number of ether oxygens (including phenoxy) is 10. The molecule has 0 saturated heterocycles. The number of fused-ring (bicyclic) bond motifs is 2. The van der Waals surface area contributed by atoms with Crippen molar-refractivity contribution in [1.82, 2.24) is 9.80 Å². The van der Waals surface area contributed by atoms with E-state index in [1.54, 1.807) is 38.1 Å². The predicted octanol–water partition coefficient (Wildman–Crippen LogP) is 4.02. The Labute approximate surface area is 401 Å². The lowest BCUT2D eigenvalue weighted by atomic mass is 9.82. The molecule has 4 amide bonds. The van der Waals surface area contributed by atoms with Gasteiger partial charge in [0.25, 0.3) is 23.6 Å². The van der Waals surface area contributed by atoms with Crippen molar-refractivity contribution in [3.05, 3.63) is 70.8 Å². The van der Waals surface area contributed by atoms with Crippen LogP contribution < -0.4 is 0 Å². The van der Waals surface area contributed by atoms with E-state index in [4.69, 9.17) is 47.4 Å². The summed E-state index contributed by atoms with van der Waals surface area (Å²) in [5.74, 6) is -4.44. The molecule has 2 aliphatic heterocycles. The summed E-state index contributed by atoms with van der Waals surface area (Å²) in [5.41, 5.74) is 1.53. The molecule has 0 bridgehead atoms. The normalized spacial score (nSPS) is 13.3. The van der Waals surface area contributed by atoms with Crippen LogP contribution in [0.25, 0.3) is 43.1 Å². The number of rotatable bonds is 30. The second-order valence-corrected chi connectivity index (χ2v) is 15.7. The van der Waals surface area contributed by atoms with Crippen LogP contribution in [0.15, 0.2) is 48.5 Å². The number of esters is 4. The van der Waals surface area contributed by atoms with Gasteiger partial charge in [-0.05, 0) is 70.4 Å². The van der Waals surface area contributed by atoms with E-state index in [0.29, 0.717) is 33.0 Å². The monoisotopic (exact) mass is 970 g/mol. The smallest absolute Gasteiger partial charge is 0.317 e. The van der Waals surface area contributed by atoms with Gasteiger partial charge in [0.15, 0.2) is 0 Å².